The van der Waals surface area contributed by atoms with Crippen molar-refractivity contribution >= 4 is 16.3 Å². The number of aldehydes is 1. The summed E-state index contributed by atoms with van der Waals surface area (Å²) in [6.45, 7) is 0. The van der Waals surface area contributed by atoms with Crippen LogP contribution in [0.2, 0.25) is 0 Å². The lowest BCUT2D eigenvalue weighted by Crippen LogP contribution is -2.14. The smallest absolute Gasteiger partial charge is 0.269 e. The van der Waals surface area contributed by atoms with Crippen molar-refractivity contribution < 1.29 is 13.2 Å². The predicted octanol–water partition coefficient (Wildman–Crippen LogP) is 3.48. The van der Waals surface area contributed by atoms with E-state index >= 15 is 0 Å². The second-order valence-electron chi connectivity index (χ2n) is 6.09. The highest BCUT2D eigenvalue weighted by Gasteiger charge is 2.34. The molecule has 1 fully saturated rings. The van der Waals surface area contributed by atoms with Crippen LogP contribution in [0, 0.1) is 0 Å². The number of hydrogen-bond acceptors (Lipinski definition) is 4. The molecule has 5 nitrogen and oxygen atoms in total. The zero-order valence-corrected chi connectivity index (χ0v) is 14.2. The molecule has 0 N–H and O–H groups in total. The summed E-state index contributed by atoms with van der Waals surface area (Å²) in [7, 11) is -3.84. The topological polar surface area (TPSA) is 69.0 Å². The van der Waals surface area contributed by atoms with Crippen molar-refractivity contribution in [1.82, 2.24) is 8.96 Å². The monoisotopic (exact) mass is 352 g/mol. The number of pyridine rings is 1. The normalized spacial score (nSPS) is 14.4. The largest absolute Gasteiger partial charge is 0.298 e. The molecule has 1 saturated carbocycles. The fraction of sp³-hybridized carbons (Fsp3) is 0.158. The molecular formula is C19H16N2O3S. The van der Waals surface area contributed by atoms with Gasteiger partial charge in [0.1, 0.15) is 4.90 Å². The molecule has 1 aromatic carbocycles. The van der Waals surface area contributed by atoms with E-state index in [2.05, 4.69) is 4.98 Å². The van der Waals surface area contributed by atoms with Gasteiger partial charge in [-0.3, -0.25) is 9.78 Å². The molecular weight excluding hydrogens is 336 g/mol. The molecule has 2 aromatic heterocycles. The minimum Gasteiger partial charge on any atom is -0.298 e. The van der Waals surface area contributed by atoms with Crippen molar-refractivity contribution in [1.29, 1.82) is 0 Å². The van der Waals surface area contributed by atoms with E-state index in [0.717, 1.165) is 30.3 Å². The summed E-state index contributed by atoms with van der Waals surface area (Å²) < 4.78 is 27.6. The number of carbonyl (C=O) groups is 1. The Morgan fingerprint density at radius 2 is 1.84 bits per heavy atom. The molecule has 1 aliphatic rings. The third-order valence-corrected chi connectivity index (χ3v) is 6.04. The van der Waals surface area contributed by atoms with Crippen molar-refractivity contribution in [2.75, 3.05) is 0 Å². The van der Waals surface area contributed by atoms with Crippen LogP contribution in [0.5, 0.6) is 0 Å². The van der Waals surface area contributed by atoms with E-state index in [-0.39, 0.29) is 10.8 Å². The van der Waals surface area contributed by atoms with Crippen LogP contribution in [0.15, 0.2) is 66.0 Å². The minimum atomic E-state index is -3.84. The van der Waals surface area contributed by atoms with Crippen LogP contribution in [0.1, 0.15) is 34.7 Å². The number of benzene rings is 1. The first kappa shape index (κ1) is 15.8. The Hall–Kier alpha value is -2.73. The number of aromatic nitrogens is 2. The summed E-state index contributed by atoms with van der Waals surface area (Å²) in [6, 6.07) is 12.4. The van der Waals surface area contributed by atoms with Crippen LogP contribution in [-0.4, -0.2) is 23.7 Å². The molecule has 0 atom stereocenters. The summed E-state index contributed by atoms with van der Waals surface area (Å²) in [4.78, 5) is 15.6. The number of carbonyl (C=O) groups excluding carboxylic acids is 1. The van der Waals surface area contributed by atoms with Gasteiger partial charge < -0.3 is 0 Å². The van der Waals surface area contributed by atoms with Gasteiger partial charge in [-0.2, -0.15) is 0 Å². The standard InChI is InChI=1S/C19H16N2O3S/c22-13-16-12-21(25(23,24)17-7-4-10-20-11-17)19(18(16)14-8-9-14)15-5-2-1-3-6-15/h1-7,10-14H,8-9H2. The van der Waals surface area contributed by atoms with Crippen LogP contribution >= 0.6 is 0 Å². The summed E-state index contributed by atoms with van der Waals surface area (Å²) in [6.07, 6.45) is 6.97. The number of rotatable bonds is 5. The van der Waals surface area contributed by atoms with E-state index in [1.807, 2.05) is 30.3 Å². The van der Waals surface area contributed by atoms with E-state index in [9.17, 15) is 13.2 Å². The first-order valence-electron chi connectivity index (χ1n) is 8.04. The molecule has 1 aliphatic carbocycles. The van der Waals surface area contributed by atoms with Gasteiger partial charge in [0.05, 0.1) is 5.69 Å². The fourth-order valence-corrected chi connectivity index (χ4v) is 4.46. The molecule has 0 bridgehead atoms. The van der Waals surface area contributed by atoms with Crippen LogP contribution in [0.25, 0.3) is 11.3 Å². The maximum Gasteiger partial charge on any atom is 0.269 e. The SMILES string of the molecule is O=Cc1cn(S(=O)(=O)c2cccnc2)c(-c2ccccc2)c1C1CC1. The Morgan fingerprint density at radius 1 is 1.08 bits per heavy atom. The molecule has 6 heteroatoms. The molecule has 2 heterocycles. The average Bonchev–Trinajstić information content (AvgIpc) is 3.42. The first-order valence-corrected chi connectivity index (χ1v) is 9.48. The van der Waals surface area contributed by atoms with Gasteiger partial charge in [-0.1, -0.05) is 30.3 Å². The molecule has 0 spiro atoms. The van der Waals surface area contributed by atoms with E-state index in [0.29, 0.717) is 11.3 Å². The van der Waals surface area contributed by atoms with Gasteiger partial charge in [0.15, 0.2) is 6.29 Å². The van der Waals surface area contributed by atoms with E-state index in [1.165, 1.54) is 28.6 Å². The third kappa shape index (κ3) is 2.68. The van der Waals surface area contributed by atoms with Gasteiger partial charge in [-0.25, -0.2) is 12.4 Å². The van der Waals surface area contributed by atoms with Crippen LogP contribution < -0.4 is 0 Å². The van der Waals surface area contributed by atoms with Gasteiger partial charge in [-0.15, -0.1) is 0 Å². The van der Waals surface area contributed by atoms with Gasteiger partial charge in [0.2, 0.25) is 0 Å². The zero-order chi connectivity index (χ0) is 17.4. The summed E-state index contributed by atoms with van der Waals surface area (Å²) >= 11 is 0. The summed E-state index contributed by atoms with van der Waals surface area (Å²) in [5.74, 6) is 0.237. The van der Waals surface area contributed by atoms with Crippen molar-refractivity contribution in [2.24, 2.45) is 0 Å². The Balaban J connectivity index is 2.02. The van der Waals surface area contributed by atoms with Gasteiger partial charge in [0.25, 0.3) is 10.0 Å². The summed E-state index contributed by atoms with van der Waals surface area (Å²) in [5, 5.41) is 0. The highest BCUT2D eigenvalue weighted by atomic mass is 32.2. The zero-order valence-electron chi connectivity index (χ0n) is 13.4. The second-order valence-corrected chi connectivity index (χ2v) is 7.91. The lowest BCUT2D eigenvalue weighted by Gasteiger charge is -2.12. The van der Waals surface area contributed by atoms with Gasteiger partial charge >= 0.3 is 0 Å². The molecule has 4 rings (SSSR count). The maximum absolute atomic E-state index is 13.2. The minimum absolute atomic E-state index is 0.0991. The lowest BCUT2D eigenvalue weighted by molar-refractivity contribution is 0.112. The Labute approximate surface area is 146 Å². The number of hydrogen-bond donors (Lipinski definition) is 0. The van der Waals surface area contributed by atoms with E-state index < -0.39 is 10.0 Å². The van der Waals surface area contributed by atoms with Gasteiger partial charge in [-0.05, 0) is 42.0 Å². The van der Waals surface area contributed by atoms with Crippen molar-refractivity contribution in [3.8, 4) is 11.3 Å². The van der Waals surface area contributed by atoms with E-state index in [4.69, 9.17) is 0 Å². The quantitative estimate of drug-likeness (QED) is 0.659. The molecule has 126 valence electrons. The summed E-state index contributed by atoms with van der Waals surface area (Å²) in [5.41, 5.74) is 2.63. The predicted molar refractivity (Wildman–Crippen MR) is 94.1 cm³/mol. The van der Waals surface area contributed by atoms with E-state index in [1.54, 1.807) is 6.07 Å². The Morgan fingerprint density at radius 3 is 2.44 bits per heavy atom. The average molecular weight is 352 g/mol. The highest BCUT2D eigenvalue weighted by molar-refractivity contribution is 7.90. The maximum atomic E-state index is 13.2. The molecule has 3 aromatic rings. The molecule has 0 radical (unpaired) electrons. The second kappa shape index (κ2) is 5.97. The number of nitrogens with zero attached hydrogens (tertiary/aromatic N) is 2. The van der Waals surface area contributed by atoms with Crippen molar-refractivity contribution in [3.63, 3.8) is 0 Å². The molecule has 0 aliphatic heterocycles. The van der Waals surface area contributed by atoms with Crippen LogP contribution in [0.3, 0.4) is 0 Å². The molecule has 0 unspecified atom stereocenters. The van der Waals surface area contributed by atoms with Crippen LogP contribution in [0.4, 0.5) is 0 Å². The lowest BCUT2D eigenvalue weighted by atomic mass is 10.0. The molecule has 0 amide bonds. The molecule has 0 saturated heterocycles. The van der Waals surface area contributed by atoms with Gasteiger partial charge in [0, 0.05) is 24.2 Å². The first-order chi connectivity index (χ1) is 12.1. The van der Waals surface area contributed by atoms with Crippen molar-refractivity contribution in [3.05, 3.63) is 72.2 Å². The highest BCUT2D eigenvalue weighted by Crippen LogP contribution is 2.47. The van der Waals surface area contributed by atoms with Crippen molar-refractivity contribution in [2.45, 2.75) is 23.7 Å². The fourth-order valence-electron chi connectivity index (χ4n) is 3.09. The Bertz CT molecular complexity index is 1020. The third-order valence-electron chi connectivity index (χ3n) is 4.39. The Kier molecular flexibility index (Phi) is 3.77. The van der Waals surface area contributed by atoms with Crippen LogP contribution in [-0.2, 0) is 10.0 Å². The molecule has 25 heavy (non-hydrogen) atoms.